The fourth-order valence-electron chi connectivity index (χ4n) is 4.24. The Bertz CT molecular complexity index is 1040. The summed E-state index contributed by atoms with van der Waals surface area (Å²) in [5.74, 6) is 0.191. The second-order valence-corrected chi connectivity index (χ2v) is 10.9. The number of para-hydroxylation sites is 1. The number of rotatable bonds is 8. The Balaban J connectivity index is 0.00000216. The van der Waals surface area contributed by atoms with Crippen molar-refractivity contribution in [1.82, 2.24) is 25.2 Å². The first-order chi connectivity index (χ1) is 15.8. The first kappa shape index (κ1) is 29.3. The predicted molar refractivity (Wildman–Crippen MR) is 132 cm³/mol. The Morgan fingerprint density at radius 3 is 2.49 bits per heavy atom. The number of sulfone groups is 1. The van der Waals surface area contributed by atoms with Crippen LogP contribution in [-0.4, -0.2) is 93.9 Å². The summed E-state index contributed by atoms with van der Waals surface area (Å²) >= 11 is 0. The molecule has 2 aromatic rings. The first-order valence-corrected chi connectivity index (χ1v) is 12.8. The third-order valence-corrected chi connectivity index (χ3v) is 7.70. The molecule has 1 aromatic carbocycles. The van der Waals surface area contributed by atoms with Crippen molar-refractivity contribution in [3.05, 3.63) is 42.2 Å². The molecule has 0 unspecified atom stereocenters. The van der Waals surface area contributed by atoms with Gasteiger partial charge in [0.2, 0.25) is 0 Å². The molecule has 1 aliphatic carbocycles. The van der Waals surface area contributed by atoms with Gasteiger partial charge in [0.25, 0.3) is 5.91 Å². The number of carbonyl (C=O) groups is 1. The van der Waals surface area contributed by atoms with E-state index in [0.29, 0.717) is 44.0 Å². The lowest BCUT2D eigenvalue weighted by atomic mass is 10.1. The number of aromatic nitrogens is 3. The lowest BCUT2D eigenvalue weighted by molar-refractivity contribution is -0.124. The van der Waals surface area contributed by atoms with Crippen LogP contribution >= 0.6 is 24.8 Å². The number of aliphatic hydroxyl groups is 2. The molecule has 1 aliphatic heterocycles. The minimum absolute atomic E-state index is 0. The lowest BCUT2D eigenvalue weighted by Crippen LogP contribution is -2.44. The highest BCUT2D eigenvalue weighted by Crippen LogP contribution is 2.28. The maximum absolute atomic E-state index is 12.2. The van der Waals surface area contributed by atoms with Gasteiger partial charge < -0.3 is 20.3 Å². The third-order valence-electron chi connectivity index (χ3n) is 6.09. The second kappa shape index (κ2) is 12.8. The zero-order chi connectivity index (χ0) is 23.4. The molecule has 35 heavy (non-hydrogen) atoms. The summed E-state index contributed by atoms with van der Waals surface area (Å²) < 4.78 is 30.2. The Morgan fingerprint density at radius 2 is 1.80 bits per heavy atom. The van der Waals surface area contributed by atoms with Crippen molar-refractivity contribution < 1.29 is 28.2 Å². The van der Waals surface area contributed by atoms with Crippen LogP contribution < -0.4 is 10.1 Å². The molecule has 0 bridgehead atoms. The van der Waals surface area contributed by atoms with Gasteiger partial charge in [-0.15, -0.1) is 29.9 Å². The highest BCUT2D eigenvalue weighted by atomic mass is 35.5. The van der Waals surface area contributed by atoms with Crippen molar-refractivity contribution in [2.75, 3.05) is 31.2 Å². The summed E-state index contributed by atoms with van der Waals surface area (Å²) in [5.41, 5.74) is 0.713. The van der Waals surface area contributed by atoms with Gasteiger partial charge >= 0.3 is 0 Å². The van der Waals surface area contributed by atoms with Crippen LogP contribution in [0.25, 0.3) is 0 Å². The number of nitrogens with zero attached hydrogens (tertiary/aromatic N) is 4. The molecular weight excluding hydrogens is 521 g/mol. The van der Waals surface area contributed by atoms with Crippen molar-refractivity contribution in [1.29, 1.82) is 0 Å². The Labute approximate surface area is 216 Å². The molecule has 0 radical (unpaired) electrons. The quantitative estimate of drug-likeness (QED) is 0.400. The molecule has 196 valence electrons. The number of aliphatic hydroxyl groups excluding tert-OH is 2. The van der Waals surface area contributed by atoms with E-state index in [4.69, 9.17) is 4.74 Å². The molecule has 2 heterocycles. The van der Waals surface area contributed by atoms with Crippen LogP contribution in [0.2, 0.25) is 0 Å². The van der Waals surface area contributed by atoms with Gasteiger partial charge in [0.15, 0.2) is 16.4 Å². The van der Waals surface area contributed by atoms with Gasteiger partial charge in [0.1, 0.15) is 11.9 Å². The highest BCUT2D eigenvalue weighted by molar-refractivity contribution is 7.91. The van der Waals surface area contributed by atoms with E-state index in [2.05, 4.69) is 15.6 Å². The number of nitrogens with one attached hydrogen (secondary N) is 1. The van der Waals surface area contributed by atoms with E-state index in [-0.39, 0.29) is 54.8 Å². The van der Waals surface area contributed by atoms with Gasteiger partial charge in [-0.05, 0) is 18.6 Å². The summed E-state index contributed by atoms with van der Waals surface area (Å²) in [5, 5.41) is 31.8. The summed E-state index contributed by atoms with van der Waals surface area (Å²) in [6.45, 7) is 1.60. The Hall–Kier alpha value is -1.96. The van der Waals surface area contributed by atoms with Gasteiger partial charge in [-0.2, -0.15) is 0 Å². The average molecular weight is 552 g/mol. The van der Waals surface area contributed by atoms with Gasteiger partial charge in [-0.25, -0.2) is 8.42 Å². The molecule has 2 aliphatic rings. The van der Waals surface area contributed by atoms with Crippen LogP contribution in [0.4, 0.5) is 0 Å². The molecule has 1 saturated heterocycles. The number of halogens is 2. The van der Waals surface area contributed by atoms with Crippen LogP contribution in [0.1, 0.15) is 12.1 Å². The number of ether oxygens (including phenoxy) is 1. The lowest BCUT2D eigenvalue weighted by Gasteiger charge is -2.25. The molecule has 4 atom stereocenters. The minimum Gasteiger partial charge on any atom is -0.484 e. The summed E-state index contributed by atoms with van der Waals surface area (Å²) in [6.07, 6.45) is 0.0553. The third kappa shape index (κ3) is 8.02. The van der Waals surface area contributed by atoms with E-state index < -0.39 is 28.1 Å². The van der Waals surface area contributed by atoms with E-state index in [9.17, 15) is 23.4 Å². The molecule has 1 aromatic heterocycles. The standard InChI is InChI=1S/C21H29N5O6S.2ClH/c27-19(14-32-17-4-2-1-3-5-17)22-18-10-15(20(28)21(18)29)11-26-13-16(23-24-26)12-25-6-8-33(30,31)9-7-25;;/h1-5,13,15,18,20-21,28-29H,6-12,14H2,(H,22,27);2*1H/t15-,18-,20-,21+;;/m1../s1. The van der Waals surface area contributed by atoms with Crippen LogP contribution in [0.3, 0.4) is 0 Å². The number of hydrogen-bond acceptors (Lipinski definition) is 9. The van der Waals surface area contributed by atoms with Gasteiger partial charge in [-0.3, -0.25) is 14.4 Å². The molecule has 1 saturated carbocycles. The fraction of sp³-hybridized carbons (Fsp3) is 0.571. The van der Waals surface area contributed by atoms with Gasteiger partial charge in [0, 0.05) is 38.3 Å². The molecular formula is C21H31Cl2N5O6S. The molecule has 3 N–H and O–H groups in total. The van der Waals surface area contributed by atoms with Crippen LogP contribution in [-0.2, 0) is 27.7 Å². The van der Waals surface area contributed by atoms with E-state index in [0.717, 1.165) is 0 Å². The molecule has 0 spiro atoms. The van der Waals surface area contributed by atoms with Gasteiger partial charge in [0.05, 0.1) is 29.3 Å². The largest absolute Gasteiger partial charge is 0.484 e. The van der Waals surface area contributed by atoms with Crippen molar-refractivity contribution in [3.63, 3.8) is 0 Å². The Morgan fingerprint density at radius 1 is 1.11 bits per heavy atom. The normalized spacial score (nSPS) is 25.8. The SMILES string of the molecule is Cl.Cl.O=C(COc1ccccc1)N[C@@H]1C[C@H](Cn2cc(CN3CCS(=O)(=O)CC3)nn2)[C@@H](O)[C@H]1O. The molecule has 11 nitrogen and oxygen atoms in total. The van der Waals surface area contributed by atoms with E-state index >= 15 is 0 Å². The van der Waals surface area contributed by atoms with Crippen LogP contribution in [0.5, 0.6) is 5.75 Å². The van der Waals surface area contributed by atoms with Crippen LogP contribution in [0, 0.1) is 5.92 Å². The number of hydrogen-bond donors (Lipinski definition) is 3. The average Bonchev–Trinajstić information content (AvgIpc) is 3.34. The molecule has 1 amide bonds. The fourth-order valence-corrected chi connectivity index (χ4v) is 5.52. The van der Waals surface area contributed by atoms with Crippen molar-refractivity contribution in [2.45, 2.75) is 37.8 Å². The molecule has 14 heteroatoms. The maximum atomic E-state index is 12.2. The first-order valence-electron chi connectivity index (χ1n) is 10.9. The zero-order valence-electron chi connectivity index (χ0n) is 19.0. The van der Waals surface area contributed by atoms with E-state index in [1.807, 2.05) is 11.0 Å². The molecule has 4 rings (SSSR count). The maximum Gasteiger partial charge on any atom is 0.258 e. The van der Waals surface area contributed by atoms with Crippen molar-refractivity contribution >= 4 is 40.6 Å². The van der Waals surface area contributed by atoms with Crippen molar-refractivity contribution in [3.8, 4) is 5.75 Å². The van der Waals surface area contributed by atoms with E-state index in [1.165, 1.54) is 0 Å². The number of benzene rings is 1. The smallest absolute Gasteiger partial charge is 0.258 e. The van der Waals surface area contributed by atoms with E-state index in [1.54, 1.807) is 35.1 Å². The summed E-state index contributed by atoms with van der Waals surface area (Å²) in [6, 6.07) is 8.37. The second-order valence-electron chi connectivity index (χ2n) is 8.61. The summed E-state index contributed by atoms with van der Waals surface area (Å²) in [4.78, 5) is 14.2. The van der Waals surface area contributed by atoms with Gasteiger partial charge in [-0.1, -0.05) is 23.4 Å². The molecule has 2 fully saturated rings. The Kier molecular flexibility index (Phi) is 10.7. The number of carbonyl (C=O) groups excluding carboxylic acids is 1. The zero-order valence-corrected chi connectivity index (χ0v) is 21.4. The highest BCUT2D eigenvalue weighted by Gasteiger charge is 2.42. The van der Waals surface area contributed by atoms with Crippen LogP contribution in [0.15, 0.2) is 36.5 Å². The monoisotopic (exact) mass is 551 g/mol. The topological polar surface area (TPSA) is 147 Å². The van der Waals surface area contributed by atoms with Crippen molar-refractivity contribution in [2.24, 2.45) is 5.92 Å². The summed E-state index contributed by atoms with van der Waals surface area (Å²) in [7, 11) is -2.93. The minimum atomic E-state index is -2.93. The predicted octanol–water partition coefficient (Wildman–Crippen LogP) is -0.342. The number of amides is 1.